The predicted molar refractivity (Wildman–Crippen MR) is 72.6 cm³/mol. The van der Waals surface area contributed by atoms with Crippen LogP contribution in [0.4, 0.5) is 0 Å². The lowest BCUT2D eigenvalue weighted by Crippen LogP contribution is -2.27. The molecule has 2 aromatic rings. The van der Waals surface area contributed by atoms with Crippen LogP contribution in [0.25, 0.3) is 0 Å². The summed E-state index contributed by atoms with van der Waals surface area (Å²) in [6.07, 6.45) is 4.54. The average Bonchev–Trinajstić information content (AvgIpc) is 2.72. The Hall–Kier alpha value is -1.43. The smallest absolute Gasteiger partial charge is 0.295 e. The van der Waals surface area contributed by atoms with Crippen molar-refractivity contribution in [2.24, 2.45) is 7.05 Å². The summed E-state index contributed by atoms with van der Waals surface area (Å²) in [6, 6.07) is 0. The molecule has 96 valence electrons. The first kappa shape index (κ1) is 13.0. The van der Waals surface area contributed by atoms with E-state index in [9.17, 15) is 4.79 Å². The second-order valence-corrected chi connectivity index (χ2v) is 5.10. The molecular formula is C12H15BrN4O. The molecule has 2 aromatic heterocycles. The second kappa shape index (κ2) is 5.06. The number of aryl methyl sites for hydroxylation is 3. The molecule has 0 aliphatic heterocycles. The van der Waals surface area contributed by atoms with Gasteiger partial charge in [0, 0.05) is 25.5 Å². The third-order valence-electron chi connectivity index (χ3n) is 2.92. The number of hydrogen-bond acceptors (Lipinski definition) is 3. The van der Waals surface area contributed by atoms with Crippen molar-refractivity contribution >= 4 is 15.9 Å². The van der Waals surface area contributed by atoms with Gasteiger partial charge in [-0.05, 0) is 41.8 Å². The topological polar surface area (TPSA) is 52.7 Å². The third kappa shape index (κ3) is 2.53. The molecule has 0 saturated carbocycles. The fraction of sp³-hybridized carbons (Fsp3) is 0.417. The number of aromatic nitrogens is 4. The summed E-state index contributed by atoms with van der Waals surface area (Å²) in [7, 11) is 1.88. The van der Waals surface area contributed by atoms with Crippen LogP contribution in [0.1, 0.15) is 17.0 Å². The maximum Gasteiger partial charge on any atom is 0.348 e. The van der Waals surface area contributed by atoms with Gasteiger partial charge in [-0.2, -0.15) is 10.1 Å². The molecule has 0 bridgehead atoms. The summed E-state index contributed by atoms with van der Waals surface area (Å²) < 4.78 is 4.34. The Kier molecular flexibility index (Phi) is 3.65. The predicted octanol–water partition coefficient (Wildman–Crippen LogP) is 1.60. The van der Waals surface area contributed by atoms with Gasteiger partial charge in [0.25, 0.3) is 0 Å². The first-order chi connectivity index (χ1) is 8.49. The van der Waals surface area contributed by atoms with E-state index in [1.807, 2.05) is 33.3 Å². The van der Waals surface area contributed by atoms with E-state index in [2.05, 4.69) is 26.0 Å². The fourth-order valence-corrected chi connectivity index (χ4v) is 2.18. The molecule has 2 heterocycles. The standard InChI is InChI=1S/C12H15BrN4O/c1-8-11(13)9(2)17(12(18)15-8)5-4-10-6-14-16(3)7-10/h6-7H,4-5H2,1-3H3. The first-order valence-electron chi connectivity index (χ1n) is 5.70. The van der Waals surface area contributed by atoms with Gasteiger partial charge < -0.3 is 0 Å². The zero-order valence-corrected chi connectivity index (χ0v) is 12.2. The van der Waals surface area contributed by atoms with Crippen molar-refractivity contribution in [1.29, 1.82) is 0 Å². The van der Waals surface area contributed by atoms with Crippen molar-refractivity contribution in [2.75, 3.05) is 0 Å². The molecule has 0 fully saturated rings. The minimum atomic E-state index is -0.197. The normalized spacial score (nSPS) is 10.9. The van der Waals surface area contributed by atoms with Crippen molar-refractivity contribution < 1.29 is 0 Å². The summed E-state index contributed by atoms with van der Waals surface area (Å²) in [5.74, 6) is 0. The summed E-state index contributed by atoms with van der Waals surface area (Å²) in [6.45, 7) is 4.36. The molecule has 0 saturated heterocycles. The third-order valence-corrected chi connectivity index (χ3v) is 4.06. The zero-order valence-electron chi connectivity index (χ0n) is 10.6. The molecule has 0 unspecified atom stereocenters. The fourth-order valence-electron chi connectivity index (χ4n) is 1.88. The van der Waals surface area contributed by atoms with Crippen molar-refractivity contribution in [3.63, 3.8) is 0 Å². The molecule has 2 rings (SSSR count). The molecule has 0 radical (unpaired) electrons. The highest BCUT2D eigenvalue weighted by Gasteiger charge is 2.09. The van der Waals surface area contributed by atoms with Crippen molar-refractivity contribution in [3.05, 3.63) is 44.3 Å². The van der Waals surface area contributed by atoms with Crippen LogP contribution in [0, 0.1) is 13.8 Å². The lowest BCUT2D eigenvalue weighted by Gasteiger charge is -2.11. The minimum absolute atomic E-state index is 0.197. The highest BCUT2D eigenvalue weighted by molar-refractivity contribution is 9.10. The molecule has 0 spiro atoms. The van der Waals surface area contributed by atoms with Crippen molar-refractivity contribution in [1.82, 2.24) is 19.3 Å². The van der Waals surface area contributed by atoms with Gasteiger partial charge in [0.1, 0.15) is 0 Å². The van der Waals surface area contributed by atoms with E-state index >= 15 is 0 Å². The van der Waals surface area contributed by atoms with Gasteiger partial charge in [-0.25, -0.2) is 4.79 Å². The molecule has 0 N–H and O–H groups in total. The van der Waals surface area contributed by atoms with Gasteiger partial charge in [-0.3, -0.25) is 9.25 Å². The van der Waals surface area contributed by atoms with Crippen LogP contribution in [-0.4, -0.2) is 19.3 Å². The highest BCUT2D eigenvalue weighted by atomic mass is 79.9. The lowest BCUT2D eigenvalue weighted by molar-refractivity contribution is 0.621. The van der Waals surface area contributed by atoms with Crippen molar-refractivity contribution in [3.8, 4) is 0 Å². The van der Waals surface area contributed by atoms with Crippen LogP contribution < -0.4 is 5.69 Å². The van der Waals surface area contributed by atoms with Gasteiger partial charge in [-0.1, -0.05) is 0 Å². The van der Waals surface area contributed by atoms with E-state index in [4.69, 9.17) is 0 Å². The summed E-state index contributed by atoms with van der Waals surface area (Å²) in [5, 5.41) is 4.11. The quantitative estimate of drug-likeness (QED) is 0.865. The second-order valence-electron chi connectivity index (χ2n) is 4.30. The largest absolute Gasteiger partial charge is 0.348 e. The highest BCUT2D eigenvalue weighted by Crippen LogP contribution is 2.16. The van der Waals surface area contributed by atoms with Gasteiger partial charge in [-0.15, -0.1) is 0 Å². The average molecular weight is 311 g/mol. The monoisotopic (exact) mass is 310 g/mol. The molecule has 0 aliphatic rings. The summed E-state index contributed by atoms with van der Waals surface area (Å²) in [4.78, 5) is 15.8. The number of halogens is 1. The van der Waals surface area contributed by atoms with Gasteiger partial charge in [0.05, 0.1) is 16.4 Å². The van der Waals surface area contributed by atoms with Crippen LogP contribution in [0.2, 0.25) is 0 Å². The SMILES string of the molecule is Cc1nc(=O)n(CCc2cnn(C)c2)c(C)c1Br. The van der Waals surface area contributed by atoms with Crippen LogP contribution in [-0.2, 0) is 20.0 Å². The Labute approximate surface area is 114 Å². The van der Waals surface area contributed by atoms with Crippen molar-refractivity contribution in [2.45, 2.75) is 26.8 Å². The molecule has 0 aliphatic carbocycles. The Morgan fingerprint density at radius 3 is 2.72 bits per heavy atom. The van der Waals surface area contributed by atoms with Gasteiger partial charge in [0.15, 0.2) is 0 Å². The summed E-state index contributed by atoms with van der Waals surface area (Å²) in [5.41, 5.74) is 2.56. The van der Waals surface area contributed by atoms with Gasteiger partial charge in [0.2, 0.25) is 0 Å². The molecule has 0 amide bonds. The van der Waals surface area contributed by atoms with E-state index < -0.39 is 0 Å². The first-order valence-corrected chi connectivity index (χ1v) is 6.49. The van der Waals surface area contributed by atoms with Crippen LogP contribution in [0.3, 0.4) is 0 Å². The van der Waals surface area contributed by atoms with Crippen LogP contribution in [0.5, 0.6) is 0 Å². The van der Waals surface area contributed by atoms with E-state index in [0.717, 1.165) is 27.8 Å². The molecule has 18 heavy (non-hydrogen) atoms. The van der Waals surface area contributed by atoms with E-state index in [1.54, 1.807) is 9.25 Å². The Morgan fingerprint density at radius 2 is 2.11 bits per heavy atom. The van der Waals surface area contributed by atoms with E-state index in [1.165, 1.54) is 0 Å². The molecular weight excluding hydrogens is 296 g/mol. The van der Waals surface area contributed by atoms with E-state index in [-0.39, 0.29) is 5.69 Å². The number of nitrogens with zero attached hydrogens (tertiary/aromatic N) is 4. The van der Waals surface area contributed by atoms with Crippen LogP contribution >= 0.6 is 15.9 Å². The zero-order chi connectivity index (χ0) is 13.3. The molecule has 0 aromatic carbocycles. The number of rotatable bonds is 3. The Balaban J connectivity index is 2.24. The Bertz CT molecular complexity index is 629. The van der Waals surface area contributed by atoms with Gasteiger partial charge >= 0.3 is 5.69 Å². The maximum absolute atomic E-state index is 11.8. The maximum atomic E-state index is 11.8. The molecule has 6 heteroatoms. The van der Waals surface area contributed by atoms with Crippen LogP contribution in [0.15, 0.2) is 21.7 Å². The number of hydrogen-bond donors (Lipinski definition) is 0. The Morgan fingerprint density at radius 1 is 1.39 bits per heavy atom. The summed E-state index contributed by atoms with van der Waals surface area (Å²) >= 11 is 3.46. The molecule has 0 atom stereocenters. The van der Waals surface area contributed by atoms with E-state index in [0.29, 0.717) is 6.54 Å². The lowest BCUT2D eigenvalue weighted by atomic mass is 10.2. The minimum Gasteiger partial charge on any atom is -0.295 e. The molecule has 5 nitrogen and oxygen atoms in total.